The zero-order valence-corrected chi connectivity index (χ0v) is 15.8. The number of ether oxygens (including phenoxy) is 1. The SMILES string of the molecule is Clc1cccc(-c2nnc(CNc3ccc(OCc4ccccc4)cc3)o2)c1. The standard InChI is InChI=1S/C22H18ClN3O2/c23-18-8-4-7-17(13-18)22-26-25-21(28-22)14-24-19-9-11-20(12-10-19)27-15-16-5-2-1-3-6-16/h1-13,24H,14-15H2. The molecule has 1 N–H and O–H groups in total. The van der Waals surface area contributed by atoms with Crippen LogP contribution in [0.4, 0.5) is 5.69 Å². The van der Waals surface area contributed by atoms with Crippen molar-refractivity contribution in [1.82, 2.24) is 10.2 Å². The van der Waals surface area contributed by atoms with Crippen LogP contribution in [-0.4, -0.2) is 10.2 Å². The molecule has 0 fully saturated rings. The highest BCUT2D eigenvalue weighted by Crippen LogP contribution is 2.22. The van der Waals surface area contributed by atoms with E-state index in [0.29, 0.717) is 30.0 Å². The minimum atomic E-state index is 0.428. The van der Waals surface area contributed by atoms with Gasteiger partial charge in [-0.05, 0) is 48.0 Å². The molecule has 0 saturated carbocycles. The fourth-order valence-corrected chi connectivity index (χ4v) is 2.84. The van der Waals surface area contributed by atoms with Gasteiger partial charge in [0.1, 0.15) is 12.4 Å². The van der Waals surface area contributed by atoms with Crippen molar-refractivity contribution >= 4 is 17.3 Å². The summed E-state index contributed by atoms with van der Waals surface area (Å²) in [5, 5.41) is 12.0. The van der Waals surface area contributed by atoms with E-state index in [2.05, 4.69) is 15.5 Å². The van der Waals surface area contributed by atoms with Gasteiger partial charge in [-0.15, -0.1) is 10.2 Å². The summed E-state index contributed by atoms with van der Waals surface area (Å²) in [6, 6.07) is 25.2. The number of aromatic nitrogens is 2. The maximum absolute atomic E-state index is 6.00. The molecule has 4 rings (SSSR count). The quantitative estimate of drug-likeness (QED) is 0.445. The Kier molecular flexibility index (Phi) is 5.54. The van der Waals surface area contributed by atoms with E-state index in [1.165, 1.54) is 0 Å². The van der Waals surface area contributed by atoms with Gasteiger partial charge in [0.25, 0.3) is 0 Å². The van der Waals surface area contributed by atoms with E-state index in [1.807, 2.05) is 66.7 Å². The van der Waals surface area contributed by atoms with Crippen molar-refractivity contribution in [3.05, 3.63) is 95.3 Å². The highest BCUT2D eigenvalue weighted by Gasteiger charge is 2.09. The van der Waals surface area contributed by atoms with Gasteiger partial charge in [0.15, 0.2) is 0 Å². The van der Waals surface area contributed by atoms with Crippen LogP contribution in [0.2, 0.25) is 5.02 Å². The minimum absolute atomic E-state index is 0.428. The molecular formula is C22H18ClN3O2. The molecule has 0 aliphatic carbocycles. The van der Waals surface area contributed by atoms with Gasteiger partial charge in [-0.1, -0.05) is 48.0 Å². The second-order valence-corrected chi connectivity index (χ2v) is 6.60. The molecule has 140 valence electrons. The molecule has 3 aromatic carbocycles. The van der Waals surface area contributed by atoms with Crippen molar-refractivity contribution in [2.45, 2.75) is 13.2 Å². The molecule has 0 radical (unpaired) electrons. The van der Waals surface area contributed by atoms with Gasteiger partial charge >= 0.3 is 0 Å². The molecule has 0 amide bonds. The molecule has 0 atom stereocenters. The van der Waals surface area contributed by atoms with Crippen LogP contribution in [0.5, 0.6) is 5.75 Å². The average Bonchev–Trinajstić information content (AvgIpc) is 3.21. The van der Waals surface area contributed by atoms with E-state index >= 15 is 0 Å². The van der Waals surface area contributed by atoms with Gasteiger partial charge in [0.2, 0.25) is 11.8 Å². The van der Waals surface area contributed by atoms with Gasteiger partial charge in [-0.25, -0.2) is 0 Å². The molecule has 1 aromatic heterocycles. The van der Waals surface area contributed by atoms with E-state index in [9.17, 15) is 0 Å². The maximum atomic E-state index is 6.00. The maximum Gasteiger partial charge on any atom is 0.247 e. The number of hydrogen-bond acceptors (Lipinski definition) is 5. The van der Waals surface area contributed by atoms with Crippen LogP contribution in [0.15, 0.2) is 83.3 Å². The summed E-state index contributed by atoms with van der Waals surface area (Å²) in [5.74, 6) is 1.76. The third-order valence-electron chi connectivity index (χ3n) is 4.08. The molecular weight excluding hydrogens is 374 g/mol. The molecule has 4 aromatic rings. The van der Waals surface area contributed by atoms with Crippen LogP contribution in [0, 0.1) is 0 Å². The summed E-state index contributed by atoms with van der Waals surface area (Å²) >= 11 is 6.00. The van der Waals surface area contributed by atoms with Crippen molar-refractivity contribution in [3.63, 3.8) is 0 Å². The number of hydrogen-bond donors (Lipinski definition) is 1. The zero-order chi connectivity index (χ0) is 19.2. The molecule has 28 heavy (non-hydrogen) atoms. The van der Waals surface area contributed by atoms with Crippen molar-refractivity contribution < 1.29 is 9.15 Å². The second kappa shape index (κ2) is 8.59. The Balaban J connectivity index is 1.31. The van der Waals surface area contributed by atoms with Crippen LogP contribution in [0.3, 0.4) is 0 Å². The molecule has 0 spiro atoms. The third-order valence-corrected chi connectivity index (χ3v) is 4.32. The Morgan fingerprint density at radius 1 is 0.893 bits per heavy atom. The first-order chi connectivity index (χ1) is 13.8. The second-order valence-electron chi connectivity index (χ2n) is 6.16. The van der Waals surface area contributed by atoms with Crippen LogP contribution in [-0.2, 0) is 13.2 Å². The van der Waals surface area contributed by atoms with Gasteiger partial charge < -0.3 is 14.5 Å². The van der Waals surface area contributed by atoms with E-state index in [1.54, 1.807) is 12.1 Å². The Morgan fingerprint density at radius 2 is 1.71 bits per heavy atom. The Morgan fingerprint density at radius 3 is 2.50 bits per heavy atom. The summed E-state index contributed by atoms with van der Waals surface area (Å²) in [6.45, 7) is 0.972. The lowest BCUT2D eigenvalue weighted by molar-refractivity contribution is 0.306. The number of halogens is 1. The molecule has 6 heteroatoms. The van der Waals surface area contributed by atoms with Crippen LogP contribution < -0.4 is 10.1 Å². The number of anilines is 1. The predicted octanol–water partition coefficient (Wildman–Crippen LogP) is 5.58. The lowest BCUT2D eigenvalue weighted by atomic mass is 10.2. The molecule has 0 bridgehead atoms. The van der Waals surface area contributed by atoms with Gasteiger partial charge in [-0.2, -0.15) is 0 Å². The van der Waals surface area contributed by atoms with Crippen molar-refractivity contribution in [1.29, 1.82) is 0 Å². The molecule has 0 aliphatic heterocycles. The highest BCUT2D eigenvalue weighted by atomic mass is 35.5. The van der Waals surface area contributed by atoms with E-state index in [0.717, 1.165) is 22.6 Å². The largest absolute Gasteiger partial charge is 0.489 e. The molecule has 0 aliphatic rings. The Hall–Kier alpha value is -3.31. The fraction of sp³-hybridized carbons (Fsp3) is 0.0909. The lowest BCUT2D eigenvalue weighted by Crippen LogP contribution is -2.00. The lowest BCUT2D eigenvalue weighted by Gasteiger charge is -2.08. The Labute approximate surface area is 168 Å². The number of rotatable bonds is 7. The number of benzene rings is 3. The summed E-state index contributed by atoms with van der Waals surface area (Å²) in [6.07, 6.45) is 0. The summed E-state index contributed by atoms with van der Waals surface area (Å²) in [5.41, 5.74) is 2.87. The molecule has 0 unspecified atom stereocenters. The van der Waals surface area contributed by atoms with E-state index < -0.39 is 0 Å². The summed E-state index contributed by atoms with van der Waals surface area (Å²) < 4.78 is 11.5. The average molecular weight is 392 g/mol. The first-order valence-corrected chi connectivity index (χ1v) is 9.23. The van der Waals surface area contributed by atoms with Gasteiger partial charge in [0.05, 0.1) is 6.54 Å². The van der Waals surface area contributed by atoms with Crippen molar-refractivity contribution in [2.75, 3.05) is 5.32 Å². The van der Waals surface area contributed by atoms with Crippen molar-refractivity contribution in [3.8, 4) is 17.2 Å². The van der Waals surface area contributed by atoms with Crippen LogP contribution in [0.25, 0.3) is 11.5 Å². The topological polar surface area (TPSA) is 60.2 Å². The molecule has 0 saturated heterocycles. The van der Waals surface area contributed by atoms with Gasteiger partial charge in [0, 0.05) is 16.3 Å². The third kappa shape index (κ3) is 4.69. The van der Waals surface area contributed by atoms with Crippen LogP contribution >= 0.6 is 11.6 Å². The van der Waals surface area contributed by atoms with Crippen LogP contribution in [0.1, 0.15) is 11.5 Å². The monoisotopic (exact) mass is 391 g/mol. The summed E-state index contributed by atoms with van der Waals surface area (Å²) in [4.78, 5) is 0. The number of nitrogens with zero attached hydrogens (tertiary/aromatic N) is 2. The zero-order valence-electron chi connectivity index (χ0n) is 15.0. The van der Waals surface area contributed by atoms with E-state index in [-0.39, 0.29) is 0 Å². The normalized spacial score (nSPS) is 10.6. The van der Waals surface area contributed by atoms with E-state index in [4.69, 9.17) is 20.8 Å². The first kappa shape index (κ1) is 18.1. The Bertz CT molecular complexity index is 1030. The summed E-state index contributed by atoms with van der Waals surface area (Å²) in [7, 11) is 0. The highest BCUT2D eigenvalue weighted by molar-refractivity contribution is 6.30. The smallest absolute Gasteiger partial charge is 0.247 e. The molecule has 5 nitrogen and oxygen atoms in total. The number of nitrogens with one attached hydrogen (secondary N) is 1. The molecule has 1 heterocycles. The van der Waals surface area contributed by atoms with Crippen molar-refractivity contribution in [2.24, 2.45) is 0 Å². The van der Waals surface area contributed by atoms with Gasteiger partial charge in [-0.3, -0.25) is 0 Å². The first-order valence-electron chi connectivity index (χ1n) is 8.85. The fourth-order valence-electron chi connectivity index (χ4n) is 2.65. The predicted molar refractivity (Wildman–Crippen MR) is 109 cm³/mol. The minimum Gasteiger partial charge on any atom is -0.489 e.